The molecule has 2 rings (SSSR count). The molecule has 0 amide bonds. The number of hydrogen-bond acceptors (Lipinski definition) is 1. The fraction of sp³-hybridized carbons (Fsp3) is 0.300. The Bertz CT molecular complexity index is 388. The lowest BCUT2D eigenvalue weighted by molar-refractivity contribution is 0.0686. The smallest absolute Gasteiger partial charge is 0.352 e. The number of nitrogens with zero attached hydrogens (tertiary/aromatic N) is 1. The zero-order valence-electron chi connectivity index (χ0n) is 7.45. The number of carbonyl (C=O) groups is 1. The standard InChI is InChI=1S/C10H11NO2/c1-11-8-5-3-2-4-7(8)6-9(11)10(12)13/h2-3,6H,4-5H2,1H3,(H,12,13). The molecule has 0 spiro atoms. The first-order valence-corrected chi connectivity index (χ1v) is 4.26. The Kier molecular flexibility index (Phi) is 1.72. The van der Waals surface area contributed by atoms with E-state index < -0.39 is 5.97 Å². The van der Waals surface area contributed by atoms with Gasteiger partial charge in [-0.25, -0.2) is 4.79 Å². The van der Waals surface area contributed by atoms with Crippen LogP contribution in [0.3, 0.4) is 0 Å². The van der Waals surface area contributed by atoms with Crippen LogP contribution in [0, 0.1) is 0 Å². The highest BCUT2D eigenvalue weighted by Crippen LogP contribution is 2.20. The lowest BCUT2D eigenvalue weighted by Gasteiger charge is -2.07. The Morgan fingerprint density at radius 1 is 1.46 bits per heavy atom. The Morgan fingerprint density at radius 3 is 2.77 bits per heavy atom. The molecule has 0 atom stereocenters. The van der Waals surface area contributed by atoms with Gasteiger partial charge in [-0.2, -0.15) is 0 Å². The number of hydrogen-bond donors (Lipinski definition) is 1. The fourth-order valence-corrected chi connectivity index (χ4v) is 1.76. The molecule has 0 unspecified atom stereocenters. The van der Waals surface area contributed by atoms with Crippen LogP contribution in [-0.4, -0.2) is 15.6 Å². The molecule has 13 heavy (non-hydrogen) atoms. The molecule has 0 aromatic carbocycles. The summed E-state index contributed by atoms with van der Waals surface area (Å²) >= 11 is 0. The Balaban J connectivity index is 2.53. The third-order valence-corrected chi connectivity index (χ3v) is 2.48. The van der Waals surface area contributed by atoms with E-state index in [0.29, 0.717) is 5.69 Å². The summed E-state index contributed by atoms with van der Waals surface area (Å²) in [5.41, 5.74) is 2.65. The Labute approximate surface area is 76.3 Å². The molecule has 0 saturated carbocycles. The van der Waals surface area contributed by atoms with E-state index in [1.54, 1.807) is 17.7 Å². The zero-order valence-corrected chi connectivity index (χ0v) is 7.45. The Hall–Kier alpha value is -1.51. The molecule has 3 heteroatoms. The van der Waals surface area contributed by atoms with Crippen molar-refractivity contribution in [1.82, 2.24) is 4.57 Å². The minimum Gasteiger partial charge on any atom is -0.477 e. The van der Waals surface area contributed by atoms with Crippen LogP contribution >= 0.6 is 0 Å². The van der Waals surface area contributed by atoms with E-state index in [-0.39, 0.29) is 0 Å². The number of carboxylic acid groups (broad SMARTS) is 1. The van der Waals surface area contributed by atoms with Crippen molar-refractivity contribution in [2.24, 2.45) is 7.05 Å². The van der Waals surface area contributed by atoms with Crippen molar-refractivity contribution in [2.45, 2.75) is 12.8 Å². The molecule has 0 radical (unpaired) electrons. The number of rotatable bonds is 1. The summed E-state index contributed by atoms with van der Waals surface area (Å²) in [5.74, 6) is -0.850. The molecule has 1 aliphatic carbocycles. The molecule has 68 valence electrons. The highest BCUT2D eigenvalue weighted by Gasteiger charge is 2.16. The lowest BCUT2D eigenvalue weighted by Crippen LogP contribution is -2.07. The molecule has 0 bridgehead atoms. The molecule has 1 N–H and O–H groups in total. The molecular weight excluding hydrogens is 166 g/mol. The molecule has 3 nitrogen and oxygen atoms in total. The van der Waals surface area contributed by atoms with Crippen LogP contribution < -0.4 is 0 Å². The van der Waals surface area contributed by atoms with E-state index in [9.17, 15) is 4.79 Å². The van der Waals surface area contributed by atoms with Crippen LogP contribution in [0.1, 0.15) is 21.7 Å². The molecule has 0 fully saturated rings. The van der Waals surface area contributed by atoms with Gasteiger partial charge in [-0.3, -0.25) is 0 Å². The molecule has 1 heterocycles. The van der Waals surface area contributed by atoms with Gasteiger partial charge in [0.2, 0.25) is 0 Å². The van der Waals surface area contributed by atoms with Crippen LogP contribution in [0.15, 0.2) is 18.2 Å². The second kappa shape index (κ2) is 2.76. The van der Waals surface area contributed by atoms with Crippen molar-refractivity contribution in [3.8, 4) is 0 Å². The number of carboxylic acids is 1. The van der Waals surface area contributed by atoms with Crippen LogP contribution in [0.4, 0.5) is 0 Å². The molecule has 1 aliphatic rings. The van der Waals surface area contributed by atoms with Crippen molar-refractivity contribution in [3.05, 3.63) is 35.2 Å². The van der Waals surface area contributed by atoms with Crippen molar-refractivity contribution in [1.29, 1.82) is 0 Å². The van der Waals surface area contributed by atoms with Gasteiger partial charge in [0.25, 0.3) is 0 Å². The number of aromatic carboxylic acids is 1. The maximum absolute atomic E-state index is 10.8. The van der Waals surface area contributed by atoms with E-state index in [0.717, 1.165) is 24.1 Å². The number of aromatic nitrogens is 1. The van der Waals surface area contributed by atoms with Gasteiger partial charge in [-0.15, -0.1) is 0 Å². The molecule has 0 aliphatic heterocycles. The highest BCUT2D eigenvalue weighted by atomic mass is 16.4. The van der Waals surface area contributed by atoms with Gasteiger partial charge in [0.1, 0.15) is 5.69 Å². The second-order valence-corrected chi connectivity index (χ2v) is 3.25. The SMILES string of the molecule is Cn1c(C(=O)O)cc2c1CC=CC2. The van der Waals surface area contributed by atoms with E-state index in [4.69, 9.17) is 5.11 Å². The van der Waals surface area contributed by atoms with Gasteiger partial charge >= 0.3 is 5.97 Å². The molecule has 1 aromatic rings. The Morgan fingerprint density at radius 2 is 2.15 bits per heavy atom. The van der Waals surface area contributed by atoms with Crippen molar-refractivity contribution >= 4 is 5.97 Å². The maximum Gasteiger partial charge on any atom is 0.352 e. The minimum absolute atomic E-state index is 0.383. The van der Waals surface area contributed by atoms with E-state index in [2.05, 4.69) is 12.2 Å². The third-order valence-electron chi connectivity index (χ3n) is 2.48. The van der Waals surface area contributed by atoms with Crippen LogP contribution in [0.25, 0.3) is 0 Å². The summed E-state index contributed by atoms with van der Waals surface area (Å²) < 4.78 is 1.77. The normalized spacial score (nSPS) is 14.2. The summed E-state index contributed by atoms with van der Waals surface area (Å²) in [7, 11) is 1.81. The predicted octanol–water partition coefficient (Wildman–Crippen LogP) is 1.38. The molecule has 1 aromatic heterocycles. The van der Waals surface area contributed by atoms with E-state index in [1.807, 2.05) is 0 Å². The number of fused-ring (bicyclic) bond motifs is 1. The van der Waals surface area contributed by atoms with E-state index >= 15 is 0 Å². The van der Waals surface area contributed by atoms with Crippen LogP contribution in [-0.2, 0) is 19.9 Å². The van der Waals surface area contributed by atoms with Gasteiger partial charge in [0.05, 0.1) is 0 Å². The van der Waals surface area contributed by atoms with E-state index in [1.165, 1.54) is 0 Å². The summed E-state index contributed by atoms with van der Waals surface area (Å²) in [6.45, 7) is 0. The van der Waals surface area contributed by atoms with Gasteiger partial charge in [0, 0.05) is 19.2 Å². The first kappa shape index (κ1) is 8.10. The van der Waals surface area contributed by atoms with Gasteiger partial charge < -0.3 is 9.67 Å². The van der Waals surface area contributed by atoms with Crippen LogP contribution in [0.5, 0.6) is 0 Å². The first-order chi connectivity index (χ1) is 6.20. The largest absolute Gasteiger partial charge is 0.477 e. The highest BCUT2D eigenvalue weighted by molar-refractivity contribution is 5.86. The maximum atomic E-state index is 10.8. The first-order valence-electron chi connectivity index (χ1n) is 4.26. The predicted molar refractivity (Wildman–Crippen MR) is 48.9 cm³/mol. The summed E-state index contributed by atoms with van der Waals surface area (Å²) in [4.78, 5) is 10.8. The topological polar surface area (TPSA) is 42.2 Å². The fourth-order valence-electron chi connectivity index (χ4n) is 1.76. The summed E-state index contributed by atoms with van der Waals surface area (Å²) in [6, 6.07) is 1.77. The van der Waals surface area contributed by atoms with Crippen molar-refractivity contribution < 1.29 is 9.90 Å². The molecule has 0 saturated heterocycles. The van der Waals surface area contributed by atoms with Crippen molar-refractivity contribution in [3.63, 3.8) is 0 Å². The van der Waals surface area contributed by atoms with Gasteiger partial charge in [0.15, 0.2) is 0 Å². The second-order valence-electron chi connectivity index (χ2n) is 3.25. The zero-order chi connectivity index (χ0) is 9.42. The summed E-state index contributed by atoms with van der Waals surface area (Å²) in [5, 5.41) is 8.87. The lowest BCUT2D eigenvalue weighted by atomic mass is 10.1. The molecular formula is C10H11NO2. The van der Waals surface area contributed by atoms with Crippen molar-refractivity contribution in [2.75, 3.05) is 0 Å². The average molecular weight is 177 g/mol. The average Bonchev–Trinajstić information content (AvgIpc) is 2.45. The van der Waals surface area contributed by atoms with Gasteiger partial charge in [-0.1, -0.05) is 12.2 Å². The summed E-state index contributed by atoms with van der Waals surface area (Å²) in [6.07, 6.45) is 5.86. The van der Waals surface area contributed by atoms with Gasteiger partial charge in [-0.05, 0) is 18.1 Å². The third kappa shape index (κ3) is 1.16. The van der Waals surface area contributed by atoms with Crippen LogP contribution in [0.2, 0.25) is 0 Å². The number of allylic oxidation sites excluding steroid dienone is 2. The monoisotopic (exact) mass is 177 g/mol. The quantitative estimate of drug-likeness (QED) is 0.658. The minimum atomic E-state index is -0.850.